The van der Waals surface area contributed by atoms with Gasteiger partial charge in [-0.25, -0.2) is 0 Å². The van der Waals surface area contributed by atoms with Gasteiger partial charge in [-0.2, -0.15) is 0 Å². The van der Waals surface area contributed by atoms with Crippen LogP contribution in [0.25, 0.3) is 0 Å². The molecule has 1 saturated heterocycles. The minimum atomic E-state index is -0.230. The Hall–Kier alpha value is -5.52. The lowest BCUT2D eigenvalue weighted by Crippen LogP contribution is -2.50. The molecule has 12 nitrogen and oxygen atoms in total. The average molecular weight is 593 g/mol. The summed E-state index contributed by atoms with van der Waals surface area (Å²) in [5.41, 5.74) is 1.83. The Bertz CT molecular complexity index is 1300. The summed E-state index contributed by atoms with van der Waals surface area (Å²) in [6.07, 6.45) is 12.4. The number of hydrogen-bond acceptors (Lipinski definition) is 8. The number of amides is 4. The van der Waals surface area contributed by atoms with Crippen molar-refractivity contribution in [2.75, 3.05) is 52.4 Å². The Balaban J connectivity index is 1.46. The number of carbonyl (C=O) groups is 4. The highest BCUT2D eigenvalue weighted by Crippen LogP contribution is 2.12. The summed E-state index contributed by atoms with van der Waals surface area (Å²) in [6, 6.07) is 13.1. The number of aromatic nitrogens is 4. The highest BCUT2D eigenvalue weighted by Gasteiger charge is 2.26. The predicted molar refractivity (Wildman–Crippen MR) is 161 cm³/mol. The molecule has 4 aromatic heterocycles. The van der Waals surface area contributed by atoms with Crippen LogP contribution in [0.3, 0.4) is 0 Å². The Morgan fingerprint density at radius 3 is 0.659 bits per heavy atom. The van der Waals surface area contributed by atoms with Gasteiger partial charge in [0.15, 0.2) is 0 Å². The van der Waals surface area contributed by atoms with Gasteiger partial charge in [-0.15, -0.1) is 0 Å². The molecule has 44 heavy (non-hydrogen) atoms. The fourth-order valence-corrected chi connectivity index (χ4v) is 4.93. The lowest BCUT2D eigenvalue weighted by Gasteiger charge is -2.34. The van der Waals surface area contributed by atoms with E-state index in [1.165, 1.54) is 0 Å². The quantitative estimate of drug-likeness (QED) is 0.352. The smallest absolute Gasteiger partial charge is 0.254 e. The Morgan fingerprint density at radius 1 is 0.341 bits per heavy atom. The monoisotopic (exact) mass is 592 g/mol. The van der Waals surface area contributed by atoms with E-state index in [4.69, 9.17) is 0 Å². The van der Waals surface area contributed by atoms with E-state index in [-0.39, 0.29) is 76.0 Å². The van der Waals surface area contributed by atoms with E-state index >= 15 is 0 Å². The van der Waals surface area contributed by atoms with E-state index in [9.17, 15) is 19.2 Å². The van der Waals surface area contributed by atoms with Gasteiger partial charge in [0.25, 0.3) is 23.6 Å². The van der Waals surface area contributed by atoms with Crippen LogP contribution in [0.5, 0.6) is 0 Å². The molecule has 0 aliphatic carbocycles. The summed E-state index contributed by atoms with van der Waals surface area (Å²) in [4.78, 5) is 77.2. The average Bonchev–Trinajstić information content (AvgIpc) is 3.09. The number of carbonyl (C=O) groups excluding carboxylic acids is 4. The van der Waals surface area contributed by atoms with Crippen LogP contribution in [-0.2, 0) is 0 Å². The van der Waals surface area contributed by atoms with Gasteiger partial charge in [0.2, 0.25) is 0 Å². The molecule has 12 heteroatoms. The second-order valence-electron chi connectivity index (χ2n) is 10.1. The summed E-state index contributed by atoms with van der Waals surface area (Å²) in [6.45, 7) is 1.73. The number of rotatable bonds is 4. The second-order valence-corrected chi connectivity index (χ2v) is 10.1. The molecule has 0 spiro atoms. The van der Waals surface area contributed by atoms with Crippen LogP contribution in [0.1, 0.15) is 41.4 Å². The molecule has 0 unspecified atom stereocenters. The lowest BCUT2D eigenvalue weighted by atomic mass is 10.2. The molecule has 0 radical (unpaired) electrons. The largest absolute Gasteiger partial charge is 0.335 e. The van der Waals surface area contributed by atoms with Crippen molar-refractivity contribution >= 4 is 23.6 Å². The van der Waals surface area contributed by atoms with Crippen LogP contribution in [0, 0.1) is 0 Å². The summed E-state index contributed by atoms with van der Waals surface area (Å²) in [7, 11) is 0. The maximum absolute atomic E-state index is 13.6. The zero-order chi connectivity index (χ0) is 30.7. The minimum absolute atomic E-state index is 0.216. The van der Waals surface area contributed by atoms with Gasteiger partial charge < -0.3 is 19.6 Å². The molecular formula is C32H32N8O4. The standard InChI is InChI=1S/C32H32N8O4/c41-29(25-1-9-33-10-2-25)37-17-19-38(30(42)26-3-11-34-12-4-26)21-23-40(32(44)28-7-15-36-16-8-28)24-22-39(20-18-37)31(43)27-5-13-35-14-6-27/h1-16H,17-24H2. The molecule has 5 rings (SSSR count). The molecule has 0 bridgehead atoms. The Morgan fingerprint density at radius 2 is 0.500 bits per heavy atom. The zero-order valence-electron chi connectivity index (χ0n) is 24.1. The topological polar surface area (TPSA) is 133 Å². The van der Waals surface area contributed by atoms with Crippen molar-refractivity contribution in [3.8, 4) is 0 Å². The molecule has 0 atom stereocenters. The van der Waals surface area contributed by atoms with Crippen LogP contribution in [0.4, 0.5) is 0 Å². The van der Waals surface area contributed by atoms with E-state index in [0.717, 1.165) is 0 Å². The van der Waals surface area contributed by atoms with Crippen molar-refractivity contribution in [3.63, 3.8) is 0 Å². The first-order valence-electron chi connectivity index (χ1n) is 14.3. The second kappa shape index (κ2) is 14.6. The molecule has 224 valence electrons. The molecule has 0 N–H and O–H groups in total. The molecular weight excluding hydrogens is 560 g/mol. The normalized spacial score (nSPS) is 14.7. The fraction of sp³-hybridized carbons (Fsp3) is 0.250. The van der Waals surface area contributed by atoms with E-state index < -0.39 is 0 Å². The first-order chi connectivity index (χ1) is 21.5. The van der Waals surface area contributed by atoms with Crippen molar-refractivity contribution in [3.05, 3.63) is 120 Å². The molecule has 4 aromatic rings. The molecule has 1 aliphatic heterocycles. The highest BCUT2D eigenvalue weighted by atomic mass is 16.2. The first kappa shape index (κ1) is 30.0. The first-order valence-corrected chi connectivity index (χ1v) is 14.3. The van der Waals surface area contributed by atoms with E-state index in [2.05, 4.69) is 19.9 Å². The molecule has 0 aromatic carbocycles. The zero-order valence-corrected chi connectivity index (χ0v) is 24.1. The van der Waals surface area contributed by atoms with Crippen molar-refractivity contribution in [1.82, 2.24) is 39.5 Å². The maximum Gasteiger partial charge on any atom is 0.254 e. The van der Waals surface area contributed by atoms with Gasteiger partial charge in [0.05, 0.1) is 0 Å². The van der Waals surface area contributed by atoms with Crippen molar-refractivity contribution in [1.29, 1.82) is 0 Å². The third-order valence-corrected chi connectivity index (χ3v) is 7.42. The molecule has 1 aliphatic rings. The number of pyridine rings is 4. The van der Waals surface area contributed by atoms with Gasteiger partial charge in [-0.1, -0.05) is 0 Å². The van der Waals surface area contributed by atoms with Gasteiger partial charge in [0.1, 0.15) is 0 Å². The van der Waals surface area contributed by atoms with Gasteiger partial charge in [0, 0.05) is 124 Å². The number of hydrogen-bond donors (Lipinski definition) is 0. The van der Waals surface area contributed by atoms with Crippen molar-refractivity contribution in [2.24, 2.45) is 0 Å². The van der Waals surface area contributed by atoms with Crippen LogP contribution < -0.4 is 0 Å². The molecule has 1 fully saturated rings. The molecule has 0 saturated carbocycles. The fourth-order valence-electron chi connectivity index (χ4n) is 4.93. The van der Waals surface area contributed by atoms with Gasteiger partial charge in [-0.05, 0) is 48.5 Å². The number of nitrogens with zero attached hydrogens (tertiary/aromatic N) is 8. The highest BCUT2D eigenvalue weighted by molar-refractivity contribution is 5.96. The third-order valence-electron chi connectivity index (χ3n) is 7.42. The predicted octanol–water partition coefficient (Wildman–Crippen LogP) is 2.15. The minimum Gasteiger partial charge on any atom is -0.335 e. The molecule has 5 heterocycles. The van der Waals surface area contributed by atoms with Crippen molar-refractivity contribution < 1.29 is 19.2 Å². The summed E-state index contributed by atoms with van der Waals surface area (Å²) in [5, 5.41) is 0. The summed E-state index contributed by atoms with van der Waals surface area (Å²) in [5.74, 6) is -0.920. The third kappa shape index (κ3) is 7.46. The Labute approximate surface area is 255 Å². The molecule has 4 amide bonds. The van der Waals surface area contributed by atoms with Crippen LogP contribution in [0.2, 0.25) is 0 Å². The van der Waals surface area contributed by atoms with Crippen LogP contribution >= 0.6 is 0 Å². The van der Waals surface area contributed by atoms with E-state index in [0.29, 0.717) is 22.3 Å². The lowest BCUT2D eigenvalue weighted by molar-refractivity contribution is 0.0535. The van der Waals surface area contributed by atoms with E-state index in [1.54, 1.807) is 118 Å². The van der Waals surface area contributed by atoms with Crippen LogP contribution in [0.15, 0.2) is 98.1 Å². The maximum atomic E-state index is 13.6. The summed E-state index contributed by atoms with van der Waals surface area (Å²) < 4.78 is 0. The van der Waals surface area contributed by atoms with Gasteiger partial charge in [-0.3, -0.25) is 39.1 Å². The summed E-state index contributed by atoms with van der Waals surface area (Å²) >= 11 is 0. The Kier molecular flexibility index (Phi) is 9.93. The van der Waals surface area contributed by atoms with E-state index in [1.807, 2.05) is 0 Å². The van der Waals surface area contributed by atoms with Crippen LogP contribution in [-0.4, -0.2) is 116 Å². The van der Waals surface area contributed by atoms with Crippen molar-refractivity contribution in [2.45, 2.75) is 0 Å². The SMILES string of the molecule is O=C(c1ccncc1)N1CCN(C(=O)c2ccncc2)CCN(C(=O)c2ccncc2)CCN(C(=O)c2ccncc2)CC1. The van der Waals surface area contributed by atoms with Gasteiger partial charge >= 0.3 is 0 Å².